The van der Waals surface area contributed by atoms with Gasteiger partial charge in [-0.3, -0.25) is 0 Å². The monoisotopic (exact) mass is 500 g/mol. The van der Waals surface area contributed by atoms with Gasteiger partial charge in [0.15, 0.2) is 0 Å². The molecule has 0 aromatic heterocycles. The maximum Gasteiger partial charge on any atom is 0.343 e. The normalized spacial score (nSPS) is 11.7. The summed E-state index contributed by atoms with van der Waals surface area (Å²) in [6.07, 6.45) is 11.9. The van der Waals surface area contributed by atoms with Crippen LogP contribution in [0.5, 0.6) is 11.5 Å². The molecule has 1 atom stereocenters. The number of rotatable bonds is 17. The number of carbonyl (C=O) groups excluding carboxylic acids is 2. The zero-order valence-electron chi connectivity index (χ0n) is 22.0. The highest BCUT2D eigenvalue weighted by atomic mass is 19.1. The molecule has 0 spiro atoms. The van der Waals surface area contributed by atoms with Gasteiger partial charge in [-0.1, -0.05) is 65.2 Å². The molecule has 0 aliphatic rings. The van der Waals surface area contributed by atoms with Crippen molar-refractivity contribution < 1.29 is 28.2 Å². The predicted octanol–water partition coefficient (Wildman–Crippen LogP) is 8.30. The Morgan fingerprint density at radius 2 is 1.39 bits per heavy atom. The van der Waals surface area contributed by atoms with Gasteiger partial charge >= 0.3 is 11.9 Å². The average Bonchev–Trinajstić information content (AvgIpc) is 2.86. The summed E-state index contributed by atoms with van der Waals surface area (Å²) in [7, 11) is 0. The molecule has 5 nitrogen and oxygen atoms in total. The Morgan fingerprint density at radius 3 is 2.06 bits per heavy atom. The van der Waals surface area contributed by atoms with Gasteiger partial charge in [-0.2, -0.15) is 0 Å². The Labute approximate surface area is 215 Å². The zero-order chi connectivity index (χ0) is 26.2. The fraction of sp³-hybridized carbons (Fsp3) is 0.533. The van der Waals surface area contributed by atoms with Crippen molar-refractivity contribution in [2.24, 2.45) is 0 Å². The minimum Gasteiger partial charge on any atom is -0.494 e. The third-order valence-electron chi connectivity index (χ3n) is 6.00. The van der Waals surface area contributed by atoms with Gasteiger partial charge in [-0.05, 0) is 62.6 Å². The summed E-state index contributed by atoms with van der Waals surface area (Å²) in [6, 6.07) is 10.4. The van der Waals surface area contributed by atoms with E-state index in [1.807, 2.05) is 6.92 Å². The lowest BCUT2D eigenvalue weighted by molar-refractivity contribution is 0.0314. The van der Waals surface area contributed by atoms with Crippen molar-refractivity contribution in [1.29, 1.82) is 0 Å². The first-order valence-corrected chi connectivity index (χ1v) is 13.4. The van der Waals surface area contributed by atoms with Crippen LogP contribution < -0.4 is 9.47 Å². The average molecular weight is 501 g/mol. The molecule has 2 rings (SSSR count). The highest BCUT2D eigenvalue weighted by molar-refractivity contribution is 5.92. The number of esters is 2. The summed E-state index contributed by atoms with van der Waals surface area (Å²) in [4.78, 5) is 24.8. The number of halogens is 1. The standard InChI is InChI=1S/C30H41FO5/c1-4-6-8-10-11-13-21-34-25-17-15-24(16-18-25)29(32)36-26-19-20-27(28(31)22-26)30(33)35-23(3)14-12-9-7-5-2/h15-20,22-23H,4-14,21H2,1-3H3/t23-/m1/s1. The van der Waals surface area contributed by atoms with Crippen LogP contribution in [0.25, 0.3) is 0 Å². The topological polar surface area (TPSA) is 61.8 Å². The molecule has 0 unspecified atom stereocenters. The van der Waals surface area contributed by atoms with Gasteiger partial charge in [-0.15, -0.1) is 0 Å². The highest BCUT2D eigenvalue weighted by Gasteiger charge is 2.18. The largest absolute Gasteiger partial charge is 0.494 e. The summed E-state index contributed by atoms with van der Waals surface area (Å²) < 4.78 is 30.9. The first-order valence-electron chi connectivity index (χ1n) is 13.4. The highest BCUT2D eigenvalue weighted by Crippen LogP contribution is 2.21. The Bertz CT molecular complexity index is 925. The minimum absolute atomic E-state index is 0.0186. The van der Waals surface area contributed by atoms with Gasteiger partial charge in [0.25, 0.3) is 0 Å². The molecule has 198 valence electrons. The fourth-order valence-corrected chi connectivity index (χ4v) is 3.81. The van der Waals surface area contributed by atoms with E-state index in [9.17, 15) is 14.0 Å². The molecule has 6 heteroatoms. The lowest BCUT2D eigenvalue weighted by Crippen LogP contribution is -2.16. The Hall–Kier alpha value is -2.89. The Morgan fingerprint density at radius 1 is 0.778 bits per heavy atom. The van der Waals surface area contributed by atoms with E-state index in [1.54, 1.807) is 24.3 Å². The van der Waals surface area contributed by atoms with Gasteiger partial charge in [-0.25, -0.2) is 14.0 Å². The van der Waals surface area contributed by atoms with Gasteiger partial charge < -0.3 is 14.2 Å². The van der Waals surface area contributed by atoms with Crippen LogP contribution in [0.4, 0.5) is 4.39 Å². The van der Waals surface area contributed by atoms with Gasteiger partial charge in [0.1, 0.15) is 17.3 Å². The molecular weight excluding hydrogens is 459 g/mol. The molecule has 0 saturated carbocycles. The SMILES string of the molecule is CCCCCCCCOc1ccc(C(=O)Oc2ccc(C(=O)O[C@H](C)CCCCCC)c(F)c2)cc1. The lowest BCUT2D eigenvalue weighted by atomic mass is 10.1. The van der Waals surface area contributed by atoms with Crippen molar-refractivity contribution in [1.82, 2.24) is 0 Å². The third-order valence-corrected chi connectivity index (χ3v) is 6.00. The maximum atomic E-state index is 14.5. The molecule has 0 amide bonds. The Balaban J connectivity index is 1.80. The number of hydrogen-bond acceptors (Lipinski definition) is 5. The van der Waals surface area contributed by atoms with Crippen LogP contribution in [0.3, 0.4) is 0 Å². The molecule has 0 aliphatic heterocycles. The molecule has 36 heavy (non-hydrogen) atoms. The van der Waals surface area contributed by atoms with E-state index in [1.165, 1.54) is 37.8 Å². The Kier molecular flexibility index (Phi) is 13.6. The van der Waals surface area contributed by atoms with Crippen molar-refractivity contribution in [2.75, 3.05) is 6.61 Å². The van der Waals surface area contributed by atoms with Crippen molar-refractivity contribution >= 4 is 11.9 Å². The summed E-state index contributed by atoms with van der Waals surface area (Å²) in [5, 5.41) is 0. The number of hydrogen-bond donors (Lipinski definition) is 0. The number of ether oxygens (including phenoxy) is 3. The molecule has 0 fully saturated rings. The second-order valence-electron chi connectivity index (χ2n) is 9.24. The van der Waals surface area contributed by atoms with E-state index in [0.717, 1.165) is 51.0 Å². The molecule has 0 saturated heterocycles. The van der Waals surface area contributed by atoms with Crippen LogP contribution in [0.15, 0.2) is 42.5 Å². The van der Waals surface area contributed by atoms with Crippen molar-refractivity contribution in [3.05, 3.63) is 59.4 Å². The van der Waals surface area contributed by atoms with Gasteiger partial charge in [0.2, 0.25) is 0 Å². The van der Waals surface area contributed by atoms with E-state index >= 15 is 0 Å². The second-order valence-corrected chi connectivity index (χ2v) is 9.24. The summed E-state index contributed by atoms with van der Waals surface area (Å²) >= 11 is 0. The smallest absolute Gasteiger partial charge is 0.343 e. The molecular formula is C30H41FO5. The molecule has 0 aliphatic carbocycles. The van der Waals surface area contributed by atoms with Crippen LogP contribution in [0.1, 0.15) is 112 Å². The van der Waals surface area contributed by atoms with E-state index in [4.69, 9.17) is 14.2 Å². The predicted molar refractivity (Wildman–Crippen MR) is 140 cm³/mol. The van der Waals surface area contributed by atoms with Crippen molar-refractivity contribution in [2.45, 2.75) is 97.5 Å². The van der Waals surface area contributed by atoms with E-state index < -0.39 is 17.8 Å². The van der Waals surface area contributed by atoms with E-state index in [0.29, 0.717) is 17.9 Å². The molecule has 2 aromatic carbocycles. The van der Waals surface area contributed by atoms with E-state index in [2.05, 4.69) is 13.8 Å². The molecule has 0 N–H and O–H groups in total. The third kappa shape index (κ3) is 10.8. The van der Waals surface area contributed by atoms with Crippen LogP contribution >= 0.6 is 0 Å². The molecule has 0 radical (unpaired) electrons. The molecule has 0 heterocycles. The van der Waals surface area contributed by atoms with Crippen LogP contribution in [0, 0.1) is 5.82 Å². The van der Waals surface area contributed by atoms with Crippen LogP contribution in [0.2, 0.25) is 0 Å². The fourth-order valence-electron chi connectivity index (χ4n) is 3.81. The zero-order valence-corrected chi connectivity index (χ0v) is 22.0. The summed E-state index contributed by atoms with van der Waals surface area (Å²) in [5.74, 6) is -1.42. The lowest BCUT2D eigenvalue weighted by Gasteiger charge is -2.14. The van der Waals surface area contributed by atoms with Crippen LogP contribution in [-0.4, -0.2) is 24.6 Å². The number of benzene rings is 2. The quantitative estimate of drug-likeness (QED) is 0.124. The number of unbranched alkanes of at least 4 members (excludes halogenated alkanes) is 8. The van der Waals surface area contributed by atoms with E-state index in [-0.39, 0.29) is 17.4 Å². The first kappa shape index (κ1) is 29.3. The second kappa shape index (κ2) is 16.7. The van der Waals surface area contributed by atoms with Crippen molar-refractivity contribution in [3.63, 3.8) is 0 Å². The van der Waals surface area contributed by atoms with Gasteiger partial charge in [0, 0.05) is 6.07 Å². The minimum atomic E-state index is -0.790. The number of carbonyl (C=O) groups is 2. The van der Waals surface area contributed by atoms with Gasteiger partial charge in [0.05, 0.1) is 23.8 Å². The maximum absolute atomic E-state index is 14.5. The van der Waals surface area contributed by atoms with Crippen molar-refractivity contribution in [3.8, 4) is 11.5 Å². The summed E-state index contributed by atoms with van der Waals surface area (Å²) in [5.41, 5.74) is 0.143. The molecule has 2 aromatic rings. The molecule has 0 bridgehead atoms. The van der Waals surface area contributed by atoms with Crippen LogP contribution in [-0.2, 0) is 4.74 Å². The summed E-state index contributed by atoms with van der Waals surface area (Å²) in [6.45, 7) is 6.79. The first-order chi connectivity index (χ1) is 17.4.